The van der Waals surface area contributed by atoms with Crippen molar-refractivity contribution in [3.63, 3.8) is 0 Å². The third-order valence-corrected chi connectivity index (χ3v) is 6.36. The van der Waals surface area contributed by atoms with E-state index in [1.807, 2.05) is 49.4 Å². The fraction of sp³-hybridized carbons (Fsp3) is 0.368. The predicted octanol–water partition coefficient (Wildman–Crippen LogP) is 4.16. The highest BCUT2D eigenvalue weighted by Crippen LogP contribution is 2.45. The Bertz CT molecular complexity index is 780. The average molecular weight is 329 g/mol. The largest absolute Gasteiger partial charge is 0.243 e. The topological polar surface area (TPSA) is 37.4 Å². The molecule has 0 bridgehead atoms. The van der Waals surface area contributed by atoms with Crippen LogP contribution >= 0.6 is 0 Å². The Hall–Kier alpha value is -1.65. The second kappa shape index (κ2) is 5.77. The van der Waals surface area contributed by atoms with Gasteiger partial charge in [-0.1, -0.05) is 61.9 Å². The van der Waals surface area contributed by atoms with E-state index in [9.17, 15) is 8.42 Å². The van der Waals surface area contributed by atoms with Crippen molar-refractivity contribution < 1.29 is 8.42 Å². The van der Waals surface area contributed by atoms with Crippen molar-refractivity contribution >= 4 is 10.0 Å². The molecule has 0 spiro atoms. The van der Waals surface area contributed by atoms with Crippen LogP contribution in [0.15, 0.2) is 59.5 Å². The van der Waals surface area contributed by atoms with E-state index in [1.54, 1.807) is 16.4 Å². The number of aryl methyl sites for hydroxylation is 1. The molecule has 0 aliphatic carbocycles. The van der Waals surface area contributed by atoms with Gasteiger partial charge in [0.1, 0.15) is 0 Å². The molecule has 3 nitrogen and oxygen atoms in total. The fourth-order valence-corrected chi connectivity index (χ4v) is 5.08. The lowest BCUT2D eigenvalue weighted by atomic mass is 9.89. The zero-order chi connectivity index (χ0) is 16.7. The Morgan fingerprint density at radius 3 is 2.22 bits per heavy atom. The fourth-order valence-electron chi connectivity index (χ4n) is 3.28. The van der Waals surface area contributed by atoms with E-state index < -0.39 is 10.0 Å². The van der Waals surface area contributed by atoms with E-state index in [2.05, 4.69) is 13.8 Å². The van der Waals surface area contributed by atoms with Crippen LogP contribution in [0.1, 0.15) is 37.4 Å². The van der Waals surface area contributed by atoms with Crippen LogP contribution in [0.2, 0.25) is 0 Å². The Labute approximate surface area is 139 Å². The second-order valence-corrected chi connectivity index (χ2v) is 9.05. The van der Waals surface area contributed by atoms with E-state index in [-0.39, 0.29) is 11.5 Å². The lowest BCUT2D eigenvalue weighted by molar-refractivity contribution is 0.368. The highest BCUT2D eigenvalue weighted by molar-refractivity contribution is 7.89. The van der Waals surface area contributed by atoms with Gasteiger partial charge in [0, 0.05) is 6.54 Å². The van der Waals surface area contributed by atoms with Gasteiger partial charge in [0.05, 0.1) is 10.9 Å². The van der Waals surface area contributed by atoms with Crippen molar-refractivity contribution in [1.82, 2.24) is 4.31 Å². The van der Waals surface area contributed by atoms with Crippen LogP contribution in [0, 0.1) is 12.3 Å². The Balaban J connectivity index is 2.03. The summed E-state index contributed by atoms with van der Waals surface area (Å²) in [5, 5.41) is 0. The number of rotatable bonds is 3. The molecule has 0 aromatic heterocycles. The van der Waals surface area contributed by atoms with Gasteiger partial charge < -0.3 is 0 Å². The van der Waals surface area contributed by atoms with Gasteiger partial charge >= 0.3 is 0 Å². The zero-order valence-electron chi connectivity index (χ0n) is 13.9. The maximum absolute atomic E-state index is 13.1. The van der Waals surface area contributed by atoms with Crippen LogP contribution in [0.4, 0.5) is 0 Å². The molecule has 1 aliphatic rings. The van der Waals surface area contributed by atoms with E-state index in [4.69, 9.17) is 0 Å². The third-order valence-electron chi connectivity index (χ3n) is 4.49. The third kappa shape index (κ3) is 3.19. The van der Waals surface area contributed by atoms with Gasteiger partial charge in [0.25, 0.3) is 0 Å². The Morgan fingerprint density at radius 1 is 1.00 bits per heavy atom. The number of sulfonamides is 1. The van der Waals surface area contributed by atoms with Crippen molar-refractivity contribution in [2.75, 3.05) is 6.54 Å². The Morgan fingerprint density at radius 2 is 1.61 bits per heavy atom. The first-order valence-corrected chi connectivity index (χ1v) is 9.37. The minimum absolute atomic E-state index is 0.0295. The molecule has 0 amide bonds. The number of benzene rings is 2. The van der Waals surface area contributed by atoms with E-state index in [0.717, 1.165) is 17.5 Å². The molecule has 0 saturated carbocycles. The van der Waals surface area contributed by atoms with Gasteiger partial charge in [-0.2, -0.15) is 4.31 Å². The van der Waals surface area contributed by atoms with Gasteiger partial charge in [0.15, 0.2) is 0 Å². The molecule has 1 heterocycles. The molecule has 1 atom stereocenters. The highest BCUT2D eigenvalue weighted by Gasteiger charge is 2.44. The van der Waals surface area contributed by atoms with Crippen molar-refractivity contribution in [2.45, 2.75) is 38.1 Å². The van der Waals surface area contributed by atoms with Crippen LogP contribution in [0.5, 0.6) is 0 Å². The first kappa shape index (κ1) is 16.2. The summed E-state index contributed by atoms with van der Waals surface area (Å²) in [6.07, 6.45) is 0.835. The minimum atomic E-state index is -3.49. The Kier molecular flexibility index (Phi) is 4.07. The molecule has 4 heteroatoms. The molecule has 0 N–H and O–H groups in total. The monoisotopic (exact) mass is 329 g/mol. The summed E-state index contributed by atoms with van der Waals surface area (Å²) < 4.78 is 28.0. The first-order valence-electron chi connectivity index (χ1n) is 7.93. The van der Waals surface area contributed by atoms with Crippen LogP contribution in [-0.2, 0) is 10.0 Å². The summed E-state index contributed by atoms with van der Waals surface area (Å²) in [6.45, 7) is 6.77. The van der Waals surface area contributed by atoms with Crippen molar-refractivity contribution in [3.05, 3.63) is 65.7 Å². The molecule has 0 unspecified atom stereocenters. The molecule has 1 aliphatic heterocycles. The molecule has 23 heavy (non-hydrogen) atoms. The molecule has 0 radical (unpaired) electrons. The molecule has 1 saturated heterocycles. The SMILES string of the molecule is Cc1ccc(S(=O)(=O)N2CC(C)(C)C[C@H]2c2ccccc2)cc1. The molecule has 2 aromatic rings. The van der Waals surface area contributed by atoms with E-state index in [0.29, 0.717) is 11.4 Å². The van der Waals surface area contributed by atoms with Crippen LogP contribution in [0.3, 0.4) is 0 Å². The lowest BCUT2D eigenvalue weighted by Gasteiger charge is -2.24. The summed E-state index contributed by atoms with van der Waals surface area (Å²) in [6, 6.07) is 17.0. The molecule has 122 valence electrons. The number of nitrogens with zero attached hydrogens (tertiary/aromatic N) is 1. The summed E-state index contributed by atoms with van der Waals surface area (Å²) >= 11 is 0. The zero-order valence-corrected chi connectivity index (χ0v) is 14.7. The van der Waals surface area contributed by atoms with Gasteiger partial charge in [-0.15, -0.1) is 0 Å². The van der Waals surface area contributed by atoms with Crippen LogP contribution < -0.4 is 0 Å². The summed E-state index contributed by atoms with van der Waals surface area (Å²) in [5.74, 6) is 0. The quantitative estimate of drug-likeness (QED) is 0.848. The summed E-state index contributed by atoms with van der Waals surface area (Å²) in [7, 11) is -3.49. The van der Waals surface area contributed by atoms with E-state index >= 15 is 0 Å². The first-order chi connectivity index (χ1) is 10.8. The minimum Gasteiger partial charge on any atom is -0.207 e. The van der Waals surface area contributed by atoms with Crippen molar-refractivity contribution in [2.24, 2.45) is 5.41 Å². The van der Waals surface area contributed by atoms with Gasteiger partial charge in [0.2, 0.25) is 10.0 Å². The lowest BCUT2D eigenvalue weighted by Crippen LogP contribution is -2.32. The molecular formula is C19H23NO2S. The van der Waals surface area contributed by atoms with Crippen LogP contribution in [-0.4, -0.2) is 19.3 Å². The normalized spacial score (nSPS) is 21.4. The predicted molar refractivity (Wildman–Crippen MR) is 92.7 cm³/mol. The van der Waals surface area contributed by atoms with Gasteiger partial charge in [-0.3, -0.25) is 0 Å². The number of hydrogen-bond donors (Lipinski definition) is 0. The maximum atomic E-state index is 13.1. The molecular weight excluding hydrogens is 306 g/mol. The van der Waals surface area contributed by atoms with Gasteiger partial charge in [-0.05, 0) is 36.5 Å². The van der Waals surface area contributed by atoms with Crippen LogP contribution in [0.25, 0.3) is 0 Å². The van der Waals surface area contributed by atoms with Crippen molar-refractivity contribution in [3.8, 4) is 0 Å². The van der Waals surface area contributed by atoms with E-state index in [1.165, 1.54) is 0 Å². The number of hydrogen-bond acceptors (Lipinski definition) is 2. The van der Waals surface area contributed by atoms with Crippen molar-refractivity contribution in [1.29, 1.82) is 0 Å². The standard InChI is InChI=1S/C19H23NO2S/c1-15-9-11-17(12-10-15)23(21,22)20-14-19(2,3)13-18(20)16-7-5-4-6-8-16/h4-12,18H,13-14H2,1-3H3/t18-/m0/s1. The maximum Gasteiger partial charge on any atom is 0.243 e. The average Bonchev–Trinajstić information content (AvgIpc) is 2.85. The van der Waals surface area contributed by atoms with Gasteiger partial charge in [-0.25, -0.2) is 8.42 Å². The smallest absolute Gasteiger partial charge is 0.207 e. The summed E-state index contributed by atoms with van der Waals surface area (Å²) in [5.41, 5.74) is 2.09. The molecule has 3 rings (SSSR count). The summed E-state index contributed by atoms with van der Waals surface area (Å²) in [4.78, 5) is 0.377. The second-order valence-electron chi connectivity index (χ2n) is 7.16. The molecule has 2 aromatic carbocycles. The highest BCUT2D eigenvalue weighted by atomic mass is 32.2. The molecule has 1 fully saturated rings.